The zero-order chi connectivity index (χ0) is 25.9. The lowest BCUT2D eigenvalue weighted by Gasteiger charge is -2.31. The summed E-state index contributed by atoms with van der Waals surface area (Å²) in [6.07, 6.45) is 2.15. The quantitative estimate of drug-likeness (QED) is 0.386. The molecule has 2 aromatic carbocycles. The highest BCUT2D eigenvalue weighted by Crippen LogP contribution is 2.38. The molecule has 1 aliphatic rings. The third-order valence-corrected chi connectivity index (χ3v) is 6.62. The van der Waals surface area contributed by atoms with E-state index < -0.39 is 0 Å². The molecule has 0 aliphatic carbocycles. The van der Waals surface area contributed by atoms with Crippen LogP contribution >= 0.6 is 0 Å². The normalized spacial score (nSPS) is 14.5. The number of carbonyl (C=O) groups excluding carboxylic acids is 2. The number of rotatable bonds is 6. The van der Waals surface area contributed by atoms with E-state index in [1.54, 1.807) is 6.92 Å². The highest BCUT2D eigenvalue weighted by atomic mass is 16.5. The van der Waals surface area contributed by atoms with Crippen LogP contribution in [0.25, 0.3) is 11.5 Å². The molecule has 0 bridgehead atoms. The van der Waals surface area contributed by atoms with Gasteiger partial charge in [0.2, 0.25) is 0 Å². The van der Waals surface area contributed by atoms with Crippen molar-refractivity contribution in [2.75, 3.05) is 13.2 Å². The highest BCUT2D eigenvalue weighted by Gasteiger charge is 2.36. The second-order valence-electron chi connectivity index (χ2n) is 9.17. The number of fused-ring (bicyclic) bond motifs is 3. The van der Waals surface area contributed by atoms with Crippen molar-refractivity contribution in [1.82, 2.24) is 24.6 Å². The number of nitrogens with one attached hydrogen (secondary N) is 1. The SMILES string of the molecule is CCOC(=O)CCNC(=O)N1Cc2c(C)nn(-c3ccccc3)c2-n2cccc2[C@H]1c1cccc(C)c1. The van der Waals surface area contributed by atoms with Crippen LogP contribution in [0.15, 0.2) is 72.9 Å². The summed E-state index contributed by atoms with van der Waals surface area (Å²) in [6, 6.07) is 21.7. The Morgan fingerprint density at radius 1 is 1.05 bits per heavy atom. The number of benzene rings is 2. The van der Waals surface area contributed by atoms with Gasteiger partial charge in [-0.3, -0.25) is 4.79 Å². The highest BCUT2D eigenvalue weighted by molar-refractivity contribution is 5.77. The molecule has 4 aromatic rings. The summed E-state index contributed by atoms with van der Waals surface area (Å²) in [5.41, 5.74) is 5.87. The molecule has 0 saturated heterocycles. The van der Waals surface area contributed by atoms with Gasteiger partial charge >= 0.3 is 12.0 Å². The van der Waals surface area contributed by atoms with Gasteiger partial charge in [0, 0.05) is 18.3 Å². The standard InChI is InChI=1S/C29H31N5O3/c1-4-37-26(35)15-16-30-29(36)33-19-24-21(3)31-34(23-12-6-5-7-13-23)28(24)32-17-9-14-25(32)27(33)22-11-8-10-20(2)18-22/h5-14,17-18,27H,4,15-16,19H2,1-3H3,(H,30,36)/t27-/m1/s1. The molecule has 1 aliphatic heterocycles. The van der Waals surface area contributed by atoms with E-state index in [1.165, 1.54) is 0 Å². The molecule has 2 amide bonds. The van der Waals surface area contributed by atoms with Crippen molar-refractivity contribution in [3.8, 4) is 11.5 Å². The molecule has 0 radical (unpaired) electrons. The molecule has 190 valence electrons. The van der Waals surface area contributed by atoms with E-state index >= 15 is 0 Å². The van der Waals surface area contributed by atoms with Crippen LogP contribution in [0, 0.1) is 13.8 Å². The van der Waals surface area contributed by atoms with Gasteiger partial charge in [-0.15, -0.1) is 0 Å². The summed E-state index contributed by atoms with van der Waals surface area (Å²) in [7, 11) is 0. The second-order valence-corrected chi connectivity index (χ2v) is 9.17. The largest absolute Gasteiger partial charge is 0.466 e. The molecule has 8 nitrogen and oxygen atoms in total. The van der Waals surface area contributed by atoms with Crippen molar-refractivity contribution in [1.29, 1.82) is 0 Å². The van der Waals surface area contributed by atoms with Crippen LogP contribution < -0.4 is 5.32 Å². The van der Waals surface area contributed by atoms with E-state index in [0.717, 1.165) is 39.6 Å². The molecule has 37 heavy (non-hydrogen) atoms. The Kier molecular flexibility index (Phi) is 6.81. The monoisotopic (exact) mass is 497 g/mol. The van der Waals surface area contributed by atoms with Crippen molar-refractivity contribution in [2.45, 2.75) is 39.8 Å². The maximum absolute atomic E-state index is 13.7. The predicted molar refractivity (Wildman–Crippen MR) is 141 cm³/mol. The average molecular weight is 498 g/mol. The van der Waals surface area contributed by atoms with Gasteiger partial charge in [0.1, 0.15) is 5.82 Å². The third kappa shape index (κ3) is 4.74. The Bertz CT molecular complexity index is 1420. The van der Waals surface area contributed by atoms with Crippen LogP contribution in [0.3, 0.4) is 0 Å². The summed E-state index contributed by atoms with van der Waals surface area (Å²) in [6.45, 7) is 6.68. The third-order valence-electron chi connectivity index (χ3n) is 6.62. The molecule has 8 heteroatoms. The number of nitrogens with zero attached hydrogens (tertiary/aromatic N) is 4. The Balaban J connectivity index is 1.61. The molecule has 0 fully saturated rings. The van der Waals surface area contributed by atoms with Crippen LogP contribution in [0.2, 0.25) is 0 Å². The molecule has 2 aromatic heterocycles. The molecular formula is C29H31N5O3. The lowest BCUT2D eigenvalue weighted by molar-refractivity contribution is -0.142. The molecule has 3 heterocycles. The zero-order valence-electron chi connectivity index (χ0n) is 21.3. The lowest BCUT2D eigenvalue weighted by atomic mass is 10.00. The molecule has 0 saturated carbocycles. The van der Waals surface area contributed by atoms with Crippen molar-refractivity contribution >= 4 is 12.0 Å². The fourth-order valence-electron chi connectivity index (χ4n) is 4.95. The van der Waals surface area contributed by atoms with Crippen LogP contribution in [0.5, 0.6) is 0 Å². The van der Waals surface area contributed by atoms with Crippen LogP contribution in [-0.2, 0) is 16.1 Å². The van der Waals surface area contributed by atoms with Gasteiger partial charge in [-0.05, 0) is 50.6 Å². The van der Waals surface area contributed by atoms with Gasteiger partial charge in [-0.1, -0.05) is 48.0 Å². The maximum Gasteiger partial charge on any atom is 0.318 e. The smallest absolute Gasteiger partial charge is 0.318 e. The van der Waals surface area contributed by atoms with Crippen molar-refractivity contribution in [2.24, 2.45) is 0 Å². The van der Waals surface area contributed by atoms with E-state index in [-0.39, 0.29) is 31.0 Å². The van der Waals surface area contributed by atoms with E-state index in [0.29, 0.717) is 13.2 Å². The Morgan fingerprint density at radius 3 is 2.62 bits per heavy atom. The number of amides is 2. The Morgan fingerprint density at radius 2 is 1.86 bits per heavy atom. The minimum Gasteiger partial charge on any atom is -0.466 e. The van der Waals surface area contributed by atoms with E-state index in [9.17, 15) is 9.59 Å². The first-order chi connectivity index (χ1) is 18.0. The van der Waals surface area contributed by atoms with Gasteiger partial charge < -0.3 is 19.5 Å². The molecule has 1 N–H and O–H groups in total. The number of hydrogen-bond acceptors (Lipinski definition) is 4. The first-order valence-electron chi connectivity index (χ1n) is 12.6. The summed E-state index contributed by atoms with van der Waals surface area (Å²) in [4.78, 5) is 27.4. The van der Waals surface area contributed by atoms with Gasteiger partial charge in [0.25, 0.3) is 0 Å². The maximum atomic E-state index is 13.7. The van der Waals surface area contributed by atoms with Crippen LogP contribution in [-0.4, -0.2) is 44.4 Å². The number of carbonyl (C=O) groups is 2. The number of para-hydroxylation sites is 1. The van der Waals surface area contributed by atoms with Gasteiger partial charge in [-0.25, -0.2) is 9.48 Å². The van der Waals surface area contributed by atoms with Crippen molar-refractivity contribution in [3.05, 3.63) is 101 Å². The molecule has 0 unspecified atom stereocenters. The lowest BCUT2D eigenvalue weighted by Crippen LogP contribution is -2.42. The number of aryl methyl sites for hydroxylation is 2. The van der Waals surface area contributed by atoms with Gasteiger partial charge in [-0.2, -0.15) is 5.10 Å². The number of hydrogen-bond donors (Lipinski definition) is 1. The first kappa shape index (κ1) is 24.4. The predicted octanol–water partition coefficient (Wildman–Crippen LogP) is 4.85. The molecule has 0 spiro atoms. The fraction of sp³-hybridized carbons (Fsp3) is 0.276. The summed E-state index contributed by atoms with van der Waals surface area (Å²) >= 11 is 0. The summed E-state index contributed by atoms with van der Waals surface area (Å²) < 4.78 is 9.11. The van der Waals surface area contributed by atoms with E-state index in [2.05, 4.69) is 41.1 Å². The summed E-state index contributed by atoms with van der Waals surface area (Å²) in [5, 5.41) is 7.82. The minimum atomic E-state index is -0.339. The number of esters is 1. The van der Waals surface area contributed by atoms with Crippen LogP contribution in [0.4, 0.5) is 4.79 Å². The summed E-state index contributed by atoms with van der Waals surface area (Å²) in [5.74, 6) is 0.591. The Labute approximate surface area is 216 Å². The fourth-order valence-corrected chi connectivity index (χ4v) is 4.95. The molecule has 1 atom stereocenters. The van der Waals surface area contributed by atoms with Gasteiger partial charge in [0.05, 0.1) is 42.7 Å². The zero-order valence-corrected chi connectivity index (χ0v) is 21.3. The van der Waals surface area contributed by atoms with E-state index in [4.69, 9.17) is 9.84 Å². The number of urea groups is 1. The van der Waals surface area contributed by atoms with Crippen LogP contribution in [0.1, 0.15) is 47.5 Å². The second kappa shape index (κ2) is 10.3. The van der Waals surface area contributed by atoms with Crippen molar-refractivity contribution in [3.63, 3.8) is 0 Å². The molecule has 5 rings (SSSR count). The number of aromatic nitrogens is 3. The van der Waals surface area contributed by atoms with E-state index in [1.807, 2.05) is 65.2 Å². The Hall–Kier alpha value is -4.33. The topological polar surface area (TPSA) is 81.4 Å². The first-order valence-corrected chi connectivity index (χ1v) is 12.6. The average Bonchev–Trinajstić information content (AvgIpc) is 3.45. The van der Waals surface area contributed by atoms with Crippen molar-refractivity contribution < 1.29 is 14.3 Å². The minimum absolute atomic E-state index is 0.120. The number of ether oxygens (including phenoxy) is 1. The molecular weight excluding hydrogens is 466 g/mol. The van der Waals surface area contributed by atoms with Gasteiger partial charge in [0.15, 0.2) is 0 Å².